The smallest absolute Gasteiger partial charge is 0.265 e. The Bertz CT molecular complexity index is 796. The monoisotopic (exact) mass is 301 g/mol. The van der Waals surface area contributed by atoms with Gasteiger partial charge in [0.1, 0.15) is 4.90 Å². The van der Waals surface area contributed by atoms with Gasteiger partial charge in [-0.2, -0.15) is 5.26 Å². The van der Waals surface area contributed by atoms with Crippen LogP contribution in [0.1, 0.15) is 15.9 Å². The van der Waals surface area contributed by atoms with Gasteiger partial charge >= 0.3 is 0 Å². The molecule has 6 nitrogen and oxygen atoms in total. The molecule has 0 fully saturated rings. The van der Waals surface area contributed by atoms with Crippen LogP contribution in [0.4, 0.5) is 0 Å². The second-order valence-electron chi connectivity index (χ2n) is 4.16. The molecule has 106 valence electrons. The first-order valence-electron chi connectivity index (χ1n) is 5.96. The van der Waals surface area contributed by atoms with E-state index in [1.807, 2.05) is 10.8 Å². The molecule has 1 aromatic heterocycles. The predicted molar refractivity (Wildman–Crippen MR) is 74.6 cm³/mol. The lowest BCUT2D eigenvalue weighted by molar-refractivity contribution is 0.0981. The fourth-order valence-electron chi connectivity index (χ4n) is 1.66. The Kier molecular flexibility index (Phi) is 4.30. The van der Waals surface area contributed by atoms with E-state index in [1.54, 1.807) is 12.1 Å². The lowest BCUT2D eigenvalue weighted by Gasteiger charge is -2.07. The number of hydrogen-bond acceptors (Lipinski definition) is 5. The van der Waals surface area contributed by atoms with Crippen molar-refractivity contribution in [2.45, 2.75) is 11.3 Å². The molecule has 0 unspecified atom stereocenters. The summed E-state index contributed by atoms with van der Waals surface area (Å²) < 4.78 is 26.0. The zero-order valence-electron chi connectivity index (χ0n) is 10.9. The number of pyridine rings is 1. The lowest BCUT2D eigenvalue weighted by atomic mass is 10.1. The van der Waals surface area contributed by atoms with Crippen molar-refractivity contribution in [1.29, 1.82) is 5.26 Å². The summed E-state index contributed by atoms with van der Waals surface area (Å²) in [7, 11) is -3.96. The van der Waals surface area contributed by atoms with Gasteiger partial charge in [0.25, 0.3) is 15.9 Å². The number of amides is 1. The van der Waals surface area contributed by atoms with E-state index < -0.39 is 15.9 Å². The van der Waals surface area contributed by atoms with E-state index in [4.69, 9.17) is 5.26 Å². The van der Waals surface area contributed by atoms with Crippen LogP contribution >= 0.6 is 0 Å². The van der Waals surface area contributed by atoms with Crippen LogP contribution in [0.3, 0.4) is 0 Å². The van der Waals surface area contributed by atoms with Crippen molar-refractivity contribution >= 4 is 15.9 Å². The number of hydrogen-bond donors (Lipinski definition) is 1. The third-order valence-corrected chi connectivity index (χ3v) is 3.96. The van der Waals surface area contributed by atoms with Gasteiger partial charge in [0.05, 0.1) is 12.5 Å². The first kappa shape index (κ1) is 14.7. The Hall–Kier alpha value is -2.72. The lowest BCUT2D eigenvalue weighted by Crippen LogP contribution is -2.30. The molecule has 2 rings (SSSR count). The summed E-state index contributed by atoms with van der Waals surface area (Å²) in [5.74, 6) is -0.751. The molecule has 0 atom stereocenters. The number of carbonyl (C=O) groups excluding carboxylic acids is 1. The van der Waals surface area contributed by atoms with E-state index in [-0.39, 0.29) is 16.9 Å². The molecule has 21 heavy (non-hydrogen) atoms. The Morgan fingerprint density at radius 2 is 2.10 bits per heavy atom. The average molecular weight is 301 g/mol. The maximum Gasteiger partial charge on any atom is 0.265 e. The van der Waals surface area contributed by atoms with Gasteiger partial charge in [0.15, 0.2) is 0 Å². The van der Waals surface area contributed by atoms with Gasteiger partial charge in [0, 0.05) is 18.0 Å². The van der Waals surface area contributed by atoms with Gasteiger partial charge in [0.2, 0.25) is 0 Å². The Labute approximate surface area is 122 Å². The minimum Gasteiger partial charge on any atom is -0.268 e. The Balaban J connectivity index is 2.22. The second kappa shape index (κ2) is 6.15. The van der Waals surface area contributed by atoms with Crippen LogP contribution in [0.25, 0.3) is 0 Å². The molecule has 1 amide bonds. The number of nitrogens with zero attached hydrogens (tertiary/aromatic N) is 2. The number of sulfonamides is 1. The molecule has 0 aliphatic rings. The highest BCUT2D eigenvalue weighted by Crippen LogP contribution is 2.09. The van der Waals surface area contributed by atoms with Gasteiger partial charge in [-0.15, -0.1) is 0 Å². The molecule has 0 aliphatic carbocycles. The topological polar surface area (TPSA) is 99.9 Å². The SMILES string of the molecule is N#CCc1cccc(C(=O)NS(=O)(=O)c2cccnc2)c1. The van der Waals surface area contributed by atoms with E-state index in [0.717, 1.165) is 6.20 Å². The van der Waals surface area contributed by atoms with Gasteiger partial charge < -0.3 is 0 Å². The first-order valence-corrected chi connectivity index (χ1v) is 7.44. The summed E-state index contributed by atoms with van der Waals surface area (Å²) in [6.07, 6.45) is 2.74. The van der Waals surface area contributed by atoms with E-state index in [9.17, 15) is 13.2 Å². The van der Waals surface area contributed by atoms with Crippen molar-refractivity contribution in [3.63, 3.8) is 0 Å². The highest BCUT2D eigenvalue weighted by Gasteiger charge is 2.18. The minimum atomic E-state index is -3.96. The first-order chi connectivity index (χ1) is 10.0. The van der Waals surface area contributed by atoms with Gasteiger partial charge in [-0.3, -0.25) is 9.78 Å². The van der Waals surface area contributed by atoms with E-state index in [2.05, 4.69) is 4.98 Å². The van der Waals surface area contributed by atoms with Crippen LogP contribution in [0, 0.1) is 11.3 Å². The summed E-state index contributed by atoms with van der Waals surface area (Å²) in [5.41, 5.74) is 0.819. The molecule has 1 aromatic carbocycles. The van der Waals surface area contributed by atoms with Crippen LogP contribution < -0.4 is 4.72 Å². The van der Waals surface area contributed by atoms with E-state index in [1.165, 1.54) is 30.5 Å². The quantitative estimate of drug-likeness (QED) is 0.916. The largest absolute Gasteiger partial charge is 0.268 e. The van der Waals surface area contributed by atoms with Crippen molar-refractivity contribution in [2.24, 2.45) is 0 Å². The number of benzene rings is 1. The number of nitrogens with one attached hydrogen (secondary N) is 1. The maximum absolute atomic E-state index is 12.0. The highest BCUT2D eigenvalue weighted by atomic mass is 32.2. The summed E-state index contributed by atoms with van der Waals surface area (Å²) in [6, 6.07) is 11.0. The molecular formula is C14H11N3O3S. The average Bonchev–Trinajstić information content (AvgIpc) is 2.48. The third kappa shape index (κ3) is 3.64. The van der Waals surface area contributed by atoms with Crippen molar-refractivity contribution in [3.05, 3.63) is 59.9 Å². The molecule has 0 saturated heterocycles. The van der Waals surface area contributed by atoms with E-state index >= 15 is 0 Å². The number of carbonyl (C=O) groups is 1. The summed E-state index contributed by atoms with van der Waals surface area (Å²) in [4.78, 5) is 15.6. The van der Waals surface area contributed by atoms with Gasteiger partial charge in [-0.25, -0.2) is 13.1 Å². The van der Waals surface area contributed by atoms with Crippen molar-refractivity contribution in [1.82, 2.24) is 9.71 Å². The molecule has 0 aliphatic heterocycles. The fourth-order valence-corrected chi connectivity index (χ4v) is 2.60. The third-order valence-electron chi connectivity index (χ3n) is 2.64. The normalized spacial score (nSPS) is 10.6. The summed E-state index contributed by atoms with van der Waals surface area (Å²) in [5, 5.41) is 8.63. The number of nitriles is 1. The number of aromatic nitrogens is 1. The fraction of sp³-hybridized carbons (Fsp3) is 0.0714. The Morgan fingerprint density at radius 1 is 1.29 bits per heavy atom. The van der Waals surface area contributed by atoms with Crippen LogP contribution in [0.5, 0.6) is 0 Å². The number of rotatable bonds is 4. The molecule has 0 bridgehead atoms. The standard InChI is InChI=1S/C14H11N3O3S/c15-7-6-11-3-1-4-12(9-11)14(18)17-21(19,20)13-5-2-8-16-10-13/h1-5,8-10H,6H2,(H,17,18). The molecule has 2 aromatic rings. The Morgan fingerprint density at radius 3 is 2.76 bits per heavy atom. The summed E-state index contributed by atoms with van der Waals surface area (Å²) >= 11 is 0. The van der Waals surface area contributed by atoms with Crippen LogP contribution in [0.15, 0.2) is 53.7 Å². The zero-order valence-corrected chi connectivity index (χ0v) is 11.7. The van der Waals surface area contributed by atoms with Gasteiger partial charge in [-0.05, 0) is 29.8 Å². The molecular weight excluding hydrogens is 290 g/mol. The highest BCUT2D eigenvalue weighted by molar-refractivity contribution is 7.90. The van der Waals surface area contributed by atoms with Crippen molar-refractivity contribution in [3.8, 4) is 6.07 Å². The zero-order chi connectivity index (χ0) is 15.3. The molecule has 1 heterocycles. The van der Waals surface area contributed by atoms with Gasteiger partial charge in [-0.1, -0.05) is 12.1 Å². The van der Waals surface area contributed by atoms with E-state index in [0.29, 0.717) is 5.56 Å². The molecule has 0 saturated carbocycles. The van der Waals surface area contributed by atoms with Crippen molar-refractivity contribution in [2.75, 3.05) is 0 Å². The van der Waals surface area contributed by atoms with Crippen LogP contribution in [-0.4, -0.2) is 19.3 Å². The molecule has 1 N–H and O–H groups in total. The maximum atomic E-state index is 12.0. The predicted octanol–water partition coefficient (Wildman–Crippen LogP) is 1.27. The second-order valence-corrected chi connectivity index (χ2v) is 5.84. The minimum absolute atomic E-state index is 0.0912. The van der Waals surface area contributed by atoms with Crippen LogP contribution in [-0.2, 0) is 16.4 Å². The molecule has 7 heteroatoms. The van der Waals surface area contributed by atoms with Crippen molar-refractivity contribution < 1.29 is 13.2 Å². The molecule has 0 radical (unpaired) electrons. The summed E-state index contributed by atoms with van der Waals surface area (Å²) in [6.45, 7) is 0. The molecule has 0 spiro atoms. The van der Waals surface area contributed by atoms with Crippen LogP contribution in [0.2, 0.25) is 0 Å².